The second-order valence-electron chi connectivity index (χ2n) is 7.24. The van der Waals surface area contributed by atoms with Crippen molar-refractivity contribution in [3.63, 3.8) is 0 Å². The Labute approximate surface area is 181 Å². The van der Waals surface area contributed by atoms with E-state index in [1.807, 2.05) is 12.1 Å². The molecule has 0 atom stereocenters. The Bertz CT molecular complexity index is 1440. The molecule has 0 unspecified atom stereocenters. The quantitative estimate of drug-likeness (QED) is 0.215. The van der Waals surface area contributed by atoms with Gasteiger partial charge in [-0.05, 0) is 48.5 Å². The van der Waals surface area contributed by atoms with E-state index in [0.29, 0.717) is 0 Å². The molecular weight excluding hydrogens is 404 g/mol. The largest absolute Gasteiger partial charge is 0.248 e. The van der Waals surface area contributed by atoms with E-state index in [4.69, 9.17) is 9.97 Å². The summed E-state index contributed by atoms with van der Waals surface area (Å²) >= 11 is 0. The maximum Gasteiger partial charge on any atom is 0.0721 e. The molecule has 4 heteroatoms. The van der Waals surface area contributed by atoms with Gasteiger partial charge in [0, 0.05) is 31.3 Å². The Morgan fingerprint density at radius 3 is 1.33 bits per heavy atom. The van der Waals surface area contributed by atoms with Crippen molar-refractivity contribution < 1.29 is 0 Å². The lowest BCUT2D eigenvalue weighted by atomic mass is 10.1. The van der Waals surface area contributed by atoms with Crippen LogP contribution in [0.5, 0.6) is 0 Å². The van der Waals surface area contributed by atoms with Gasteiger partial charge in [-0.2, -0.15) is 0 Å². The molecule has 0 N–H and O–H groups in total. The van der Waals surface area contributed by atoms with Gasteiger partial charge in [0.05, 0.1) is 22.1 Å². The van der Waals surface area contributed by atoms with Crippen LogP contribution in [0, 0.1) is 0 Å². The molecule has 0 amide bonds. The van der Waals surface area contributed by atoms with Crippen LogP contribution in [0.25, 0.3) is 43.6 Å². The molecule has 0 bridgehead atoms. The highest BCUT2D eigenvalue weighted by Gasteiger charge is 2.05. The molecular formula is C26H16N2S2. The molecule has 0 saturated heterocycles. The van der Waals surface area contributed by atoms with Crippen LogP contribution in [-0.4, -0.2) is 9.97 Å². The first kappa shape index (κ1) is 17.8. The minimum atomic E-state index is 1.03. The maximum atomic E-state index is 4.83. The second-order valence-corrected chi connectivity index (χ2v) is 9.51. The zero-order chi connectivity index (χ0) is 19.9. The first-order valence-electron chi connectivity index (χ1n) is 9.75. The fourth-order valence-corrected chi connectivity index (χ4v) is 5.66. The zero-order valence-electron chi connectivity index (χ0n) is 15.9. The van der Waals surface area contributed by atoms with E-state index in [-0.39, 0.29) is 0 Å². The van der Waals surface area contributed by atoms with Gasteiger partial charge in [0.2, 0.25) is 0 Å². The number of para-hydroxylation sites is 2. The third-order valence-electron chi connectivity index (χ3n) is 5.22. The van der Waals surface area contributed by atoms with Crippen molar-refractivity contribution in [2.45, 2.75) is 9.79 Å². The van der Waals surface area contributed by atoms with Crippen LogP contribution in [-0.2, 0) is 0 Å². The number of aromatic nitrogens is 2. The standard InChI is InChI=1S/C26H16N2S2/c1-3-7-23-17(5-1)13-19-9-11-21(15-25(19)27-23)29-30-22-12-10-20-14-18-6-2-4-8-24(18)28-26(20)16-22/h1-16H. The van der Waals surface area contributed by atoms with Crippen LogP contribution in [0.1, 0.15) is 0 Å². The van der Waals surface area contributed by atoms with E-state index in [1.54, 1.807) is 21.6 Å². The lowest BCUT2D eigenvalue weighted by molar-refractivity contribution is 1.43. The molecule has 0 aliphatic carbocycles. The predicted molar refractivity (Wildman–Crippen MR) is 130 cm³/mol. The molecule has 2 heterocycles. The van der Waals surface area contributed by atoms with E-state index in [0.717, 1.165) is 22.1 Å². The Morgan fingerprint density at radius 2 is 0.833 bits per heavy atom. The van der Waals surface area contributed by atoms with Gasteiger partial charge in [0.15, 0.2) is 0 Å². The van der Waals surface area contributed by atoms with Crippen molar-refractivity contribution in [3.05, 3.63) is 97.1 Å². The average molecular weight is 421 g/mol. The molecule has 30 heavy (non-hydrogen) atoms. The van der Waals surface area contributed by atoms with Gasteiger partial charge in [0.25, 0.3) is 0 Å². The first-order chi connectivity index (χ1) is 14.8. The molecule has 2 aromatic heterocycles. The van der Waals surface area contributed by atoms with Crippen molar-refractivity contribution in [1.29, 1.82) is 0 Å². The van der Waals surface area contributed by atoms with Crippen LogP contribution in [0.3, 0.4) is 0 Å². The van der Waals surface area contributed by atoms with Crippen LogP contribution >= 0.6 is 21.6 Å². The minimum Gasteiger partial charge on any atom is -0.248 e. The molecule has 6 aromatic rings. The average Bonchev–Trinajstić information content (AvgIpc) is 2.79. The first-order valence-corrected chi connectivity index (χ1v) is 11.9. The van der Waals surface area contributed by atoms with Gasteiger partial charge in [0.1, 0.15) is 0 Å². The molecule has 0 saturated carbocycles. The summed E-state index contributed by atoms with van der Waals surface area (Å²) in [6, 6.07) is 33.9. The highest BCUT2D eigenvalue weighted by Crippen LogP contribution is 2.39. The normalized spacial score (nSPS) is 11.6. The van der Waals surface area contributed by atoms with Gasteiger partial charge in [-0.3, -0.25) is 0 Å². The molecule has 0 radical (unpaired) electrons. The van der Waals surface area contributed by atoms with Gasteiger partial charge in [-0.15, -0.1) is 0 Å². The lowest BCUT2D eigenvalue weighted by Gasteiger charge is -2.06. The third-order valence-corrected chi connectivity index (χ3v) is 7.60. The molecule has 0 aliphatic rings. The highest BCUT2D eigenvalue weighted by molar-refractivity contribution is 8.76. The molecule has 0 aliphatic heterocycles. The van der Waals surface area contributed by atoms with Crippen LogP contribution in [0.15, 0.2) is 107 Å². The topological polar surface area (TPSA) is 25.8 Å². The molecule has 0 fully saturated rings. The van der Waals surface area contributed by atoms with Crippen molar-refractivity contribution in [2.75, 3.05) is 0 Å². The molecule has 142 valence electrons. The molecule has 0 spiro atoms. The Balaban J connectivity index is 1.30. The number of hydrogen-bond acceptors (Lipinski definition) is 4. The number of hydrogen-bond donors (Lipinski definition) is 0. The summed E-state index contributed by atoms with van der Waals surface area (Å²) in [7, 11) is 3.51. The van der Waals surface area contributed by atoms with Crippen molar-refractivity contribution in [3.8, 4) is 0 Å². The fourth-order valence-electron chi connectivity index (χ4n) is 3.70. The minimum absolute atomic E-state index is 1.03. The molecule has 2 nitrogen and oxygen atoms in total. The smallest absolute Gasteiger partial charge is 0.0721 e. The predicted octanol–water partition coefficient (Wildman–Crippen LogP) is 7.89. The Kier molecular flexibility index (Phi) is 4.33. The van der Waals surface area contributed by atoms with Crippen LogP contribution < -0.4 is 0 Å². The summed E-state index contributed by atoms with van der Waals surface area (Å²) in [5.41, 5.74) is 4.14. The molecule has 4 aromatic carbocycles. The number of fused-ring (bicyclic) bond motifs is 4. The summed E-state index contributed by atoms with van der Waals surface area (Å²) in [5, 5.41) is 4.70. The zero-order valence-corrected chi connectivity index (χ0v) is 17.6. The summed E-state index contributed by atoms with van der Waals surface area (Å²) in [5.74, 6) is 0. The van der Waals surface area contributed by atoms with E-state index in [1.165, 1.54) is 31.3 Å². The summed E-state index contributed by atoms with van der Waals surface area (Å²) in [6.45, 7) is 0. The Hall–Kier alpha value is -3.08. The van der Waals surface area contributed by atoms with Gasteiger partial charge < -0.3 is 0 Å². The SMILES string of the molecule is c1ccc2nc3cc(SSc4ccc5cc6ccccc6nc5c4)ccc3cc2c1. The second kappa shape index (κ2) is 7.31. The van der Waals surface area contributed by atoms with Crippen molar-refractivity contribution >= 4 is 65.2 Å². The third kappa shape index (κ3) is 3.28. The van der Waals surface area contributed by atoms with Crippen molar-refractivity contribution in [1.82, 2.24) is 9.97 Å². The Morgan fingerprint density at radius 1 is 0.400 bits per heavy atom. The van der Waals surface area contributed by atoms with E-state index in [9.17, 15) is 0 Å². The van der Waals surface area contributed by atoms with E-state index < -0.39 is 0 Å². The van der Waals surface area contributed by atoms with Gasteiger partial charge >= 0.3 is 0 Å². The maximum absolute atomic E-state index is 4.83. The number of pyridine rings is 2. The van der Waals surface area contributed by atoms with E-state index in [2.05, 4.69) is 84.9 Å². The summed E-state index contributed by atoms with van der Waals surface area (Å²) < 4.78 is 0. The highest BCUT2D eigenvalue weighted by atomic mass is 33.1. The number of rotatable bonds is 3. The summed E-state index contributed by atoms with van der Waals surface area (Å²) in [4.78, 5) is 12.1. The fraction of sp³-hybridized carbons (Fsp3) is 0. The monoisotopic (exact) mass is 420 g/mol. The van der Waals surface area contributed by atoms with Crippen LogP contribution in [0.2, 0.25) is 0 Å². The van der Waals surface area contributed by atoms with Gasteiger partial charge in [-0.25, -0.2) is 9.97 Å². The van der Waals surface area contributed by atoms with Crippen molar-refractivity contribution in [2.24, 2.45) is 0 Å². The lowest BCUT2D eigenvalue weighted by Crippen LogP contribution is -1.83. The molecule has 6 rings (SSSR count). The number of nitrogens with zero attached hydrogens (tertiary/aromatic N) is 2. The number of benzene rings is 4. The van der Waals surface area contributed by atoms with E-state index >= 15 is 0 Å². The summed E-state index contributed by atoms with van der Waals surface area (Å²) in [6.07, 6.45) is 0. The van der Waals surface area contributed by atoms with Crippen LogP contribution in [0.4, 0.5) is 0 Å². The van der Waals surface area contributed by atoms with Gasteiger partial charge in [-0.1, -0.05) is 70.1 Å².